The largest absolute Gasteiger partial charge is 0.482 e. The molecule has 1 aromatic heterocycles. The fourth-order valence-corrected chi connectivity index (χ4v) is 1.02. The highest BCUT2D eigenvalue weighted by molar-refractivity contribution is 5.89. The van der Waals surface area contributed by atoms with Gasteiger partial charge in [0.25, 0.3) is 0 Å². The van der Waals surface area contributed by atoms with Crippen LogP contribution in [0.25, 0.3) is 0 Å². The molecule has 4 nitrogen and oxygen atoms in total. The van der Waals surface area contributed by atoms with Crippen LogP contribution in [-0.4, -0.2) is 30.3 Å². The van der Waals surface area contributed by atoms with Crippen molar-refractivity contribution in [3.05, 3.63) is 24.0 Å². The SMILES string of the molecule is CCOC(=O)C#Cc1cncc(OCC(F)(F)F)c1. The molecule has 0 amide bonds. The maximum atomic E-state index is 11.9. The molecule has 0 fully saturated rings. The summed E-state index contributed by atoms with van der Waals surface area (Å²) in [5, 5.41) is 0. The smallest absolute Gasteiger partial charge is 0.422 e. The fourth-order valence-electron chi connectivity index (χ4n) is 1.02. The van der Waals surface area contributed by atoms with Gasteiger partial charge in [-0.2, -0.15) is 13.2 Å². The zero-order valence-corrected chi connectivity index (χ0v) is 9.95. The monoisotopic (exact) mass is 273 g/mol. The zero-order chi connectivity index (χ0) is 14.3. The van der Waals surface area contributed by atoms with Crippen molar-refractivity contribution in [2.75, 3.05) is 13.2 Å². The summed E-state index contributed by atoms with van der Waals surface area (Å²) in [5.74, 6) is 3.79. The number of rotatable bonds is 3. The predicted octanol–water partition coefficient (Wildman–Crippen LogP) is 1.94. The Morgan fingerprint density at radius 1 is 1.42 bits per heavy atom. The van der Waals surface area contributed by atoms with Gasteiger partial charge in [0.2, 0.25) is 0 Å². The average molecular weight is 273 g/mol. The minimum Gasteiger partial charge on any atom is -0.482 e. The number of nitrogens with zero attached hydrogens (tertiary/aromatic N) is 1. The number of pyridine rings is 1. The number of halogens is 3. The van der Waals surface area contributed by atoms with Crippen molar-refractivity contribution in [3.8, 4) is 17.6 Å². The standard InChI is InChI=1S/C12H10F3NO3/c1-2-18-11(17)4-3-9-5-10(7-16-6-9)19-8-12(13,14)15/h5-7H,2,8H2,1H3. The van der Waals surface area contributed by atoms with Crippen LogP contribution in [0, 0.1) is 11.8 Å². The number of aromatic nitrogens is 1. The predicted molar refractivity (Wildman–Crippen MR) is 59.3 cm³/mol. The molecule has 0 saturated carbocycles. The van der Waals surface area contributed by atoms with Gasteiger partial charge in [-0.25, -0.2) is 4.79 Å². The van der Waals surface area contributed by atoms with Crippen molar-refractivity contribution < 1.29 is 27.4 Å². The first-order valence-corrected chi connectivity index (χ1v) is 5.24. The van der Waals surface area contributed by atoms with E-state index in [9.17, 15) is 18.0 Å². The van der Waals surface area contributed by atoms with Crippen LogP contribution >= 0.6 is 0 Å². The lowest BCUT2D eigenvalue weighted by atomic mass is 10.3. The minimum absolute atomic E-state index is 0.0759. The molecule has 0 aliphatic carbocycles. The molecule has 1 rings (SSSR count). The first kappa shape index (κ1) is 14.8. The summed E-state index contributed by atoms with van der Waals surface area (Å²) in [4.78, 5) is 14.6. The third-order valence-corrected chi connectivity index (χ3v) is 1.70. The van der Waals surface area contributed by atoms with E-state index < -0.39 is 18.8 Å². The second kappa shape index (κ2) is 6.64. The Kier molecular flexibility index (Phi) is 5.18. The van der Waals surface area contributed by atoms with E-state index >= 15 is 0 Å². The number of esters is 1. The zero-order valence-electron chi connectivity index (χ0n) is 9.95. The quantitative estimate of drug-likeness (QED) is 0.623. The molecule has 0 aliphatic rings. The van der Waals surface area contributed by atoms with Crippen LogP contribution in [0.2, 0.25) is 0 Å². The Morgan fingerprint density at radius 2 is 2.16 bits per heavy atom. The molecule has 0 spiro atoms. The van der Waals surface area contributed by atoms with Gasteiger partial charge in [-0.05, 0) is 13.0 Å². The Bertz CT molecular complexity index is 503. The Morgan fingerprint density at radius 3 is 2.79 bits per heavy atom. The molecular weight excluding hydrogens is 263 g/mol. The van der Waals surface area contributed by atoms with Crippen LogP contribution in [0.1, 0.15) is 12.5 Å². The van der Waals surface area contributed by atoms with Crippen molar-refractivity contribution in [1.29, 1.82) is 0 Å². The summed E-state index contributed by atoms with van der Waals surface area (Å²) >= 11 is 0. The second-order valence-electron chi connectivity index (χ2n) is 3.28. The van der Waals surface area contributed by atoms with Crippen LogP contribution in [0.4, 0.5) is 13.2 Å². The number of carbonyl (C=O) groups excluding carboxylic acids is 1. The molecule has 0 aromatic carbocycles. The molecule has 0 radical (unpaired) electrons. The molecule has 0 aliphatic heterocycles. The Balaban J connectivity index is 2.69. The fraction of sp³-hybridized carbons (Fsp3) is 0.333. The average Bonchev–Trinajstić information content (AvgIpc) is 2.34. The Hall–Kier alpha value is -2.23. The van der Waals surface area contributed by atoms with Crippen molar-refractivity contribution >= 4 is 5.97 Å². The molecule has 102 valence electrons. The summed E-state index contributed by atoms with van der Waals surface area (Å²) in [6.07, 6.45) is -2.00. The van der Waals surface area contributed by atoms with Crippen molar-refractivity contribution in [2.45, 2.75) is 13.1 Å². The van der Waals surface area contributed by atoms with Crippen LogP contribution in [0.5, 0.6) is 5.75 Å². The van der Waals surface area contributed by atoms with Crippen molar-refractivity contribution in [1.82, 2.24) is 4.98 Å². The van der Waals surface area contributed by atoms with E-state index in [-0.39, 0.29) is 17.9 Å². The summed E-state index contributed by atoms with van der Waals surface area (Å²) in [5.41, 5.74) is 0.257. The molecule has 1 heterocycles. The molecule has 0 bridgehead atoms. The van der Waals surface area contributed by atoms with Gasteiger partial charge in [0.15, 0.2) is 6.61 Å². The molecular formula is C12H10F3NO3. The number of hydrogen-bond acceptors (Lipinski definition) is 4. The van der Waals surface area contributed by atoms with Gasteiger partial charge >= 0.3 is 12.1 Å². The van der Waals surface area contributed by atoms with Gasteiger partial charge in [0.1, 0.15) is 5.75 Å². The molecule has 0 N–H and O–H groups in total. The summed E-state index contributed by atoms with van der Waals surface area (Å²) in [6.45, 7) is 0.413. The number of carbonyl (C=O) groups is 1. The van der Waals surface area contributed by atoms with Crippen molar-refractivity contribution in [2.24, 2.45) is 0 Å². The van der Waals surface area contributed by atoms with Gasteiger partial charge in [-0.1, -0.05) is 5.92 Å². The van der Waals surface area contributed by atoms with Gasteiger partial charge in [-0.3, -0.25) is 4.98 Å². The lowest BCUT2D eigenvalue weighted by molar-refractivity contribution is -0.153. The first-order chi connectivity index (χ1) is 8.90. The van der Waals surface area contributed by atoms with E-state index in [1.54, 1.807) is 6.92 Å². The maximum Gasteiger partial charge on any atom is 0.422 e. The molecule has 7 heteroatoms. The normalized spacial score (nSPS) is 10.3. The van der Waals surface area contributed by atoms with Crippen molar-refractivity contribution in [3.63, 3.8) is 0 Å². The highest BCUT2D eigenvalue weighted by atomic mass is 19.4. The van der Waals surface area contributed by atoms with E-state index in [2.05, 4.69) is 26.3 Å². The van der Waals surface area contributed by atoms with E-state index in [1.807, 2.05) is 0 Å². The van der Waals surface area contributed by atoms with E-state index in [4.69, 9.17) is 0 Å². The topological polar surface area (TPSA) is 48.4 Å². The molecule has 0 atom stereocenters. The highest BCUT2D eigenvalue weighted by Crippen LogP contribution is 2.18. The third-order valence-electron chi connectivity index (χ3n) is 1.70. The van der Waals surface area contributed by atoms with Gasteiger partial charge in [-0.15, -0.1) is 0 Å². The number of hydrogen-bond donors (Lipinski definition) is 0. The molecule has 0 unspecified atom stereocenters. The first-order valence-electron chi connectivity index (χ1n) is 5.24. The van der Waals surface area contributed by atoms with E-state index in [0.717, 1.165) is 6.20 Å². The van der Waals surface area contributed by atoms with Crippen LogP contribution in [0.3, 0.4) is 0 Å². The van der Waals surface area contributed by atoms with Gasteiger partial charge < -0.3 is 9.47 Å². The summed E-state index contributed by atoms with van der Waals surface area (Å²) < 4.78 is 44.9. The van der Waals surface area contributed by atoms with Crippen LogP contribution < -0.4 is 4.74 Å². The highest BCUT2D eigenvalue weighted by Gasteiger charge is 2.28. The second-order valence-corrected chi connectivity index (χ2v) is 3.28. The molecule has 1 aromatic rings. The number of alkyl halides is 3. The lowest BCUT2D eigenvalue weighted by Gasteiger charge is -2.08. The summed E-state index contributed by atoms with van der Waals surface area (Å²) in [6, 6.07) is 1.25. The number of ether oxygens (including phenoxy) is 2. The van der Waals surface area contributed by atoms with Crippen LogP contribution in [-0.2, 0) is 9.53 Å². The van der Waals surface area contributed by atoms with Gasteiger partial charge in [0.05, 0.1) is 12.8 Å². The van der Waals surface area contributed by atoms with Gasteiger partial charge in [0, 0.05) is 17.7 Å². The van der Waals surface area contributed by atoms with E-state index in [1.165, 1.54) is 12.3 Å². The van der Waals surface area contributed by atoms with Crippen LogP contribution in [0.15, 0.2) is 18.5 Å². The lowest BCUT2D eigenvalue weighted by Crippen LogP contribution is -2.19. The molecule has 0 saturated heterocycles. The minimum atomic E-state index is -4.42. The third kappa shape index (κ3) is 6.31. The van der Waals surface area contributed by atoms with E-state index in [0.29, 0.717) is 0 Å². The maximum absolute atomic E-state index is 11.9. The summed E-state index contributed by atoms with van der Waals surface area (Å²) in [7, 11) is 0. The Labute approximate surface area is 107 Å². The molecule has 19 heavy (non-hydrogen) atoms.